The predicted octanol–water partition coefficient (Wildman–Crippen LogP) is 3.52. The Balaban J connectivity index is 2.69. The minimum absolute atomic E-state index is 0.101. The number of hydrogen-bond acceptors (Lipinski definition) is 2. The largest absolute Gasteiger partial charge is 0.411 e. The summed E-state index contributed by atoms with van der Waals surface area (Å²) in [6.45, 7) is 1.68. The van der Waals surface area contributed by atoms with Crippen molar-refractivity contribution in [3.63, 3.8) is 0 Å². The highest BCUT2D eigenvalue weighted by Crippen LogP contribution is 2.31. The third-order valence-electron chi connectivity index (χ3n) is 3.57. The molecule has 0 amide bonds. The molecular formula is C15H22F3NO. The topological polar surface area (TPSA) is 21.3 Å². The van der Waals surface area contributed by atoms with Crippen LogP contribution in [-0.4, -0.2) is 33.0 Å². The zero-order valence-electron chi connectivity index (χ0n) is 12.0. The van der Waals surface area contributed by atoms with Crippen LogP contribution in [0.3, 0.4) is 0 Å². The molecule has 1 unspecified atom stereocenters. The molecule has 0 saturated carbocycles. The van der Waals surface area contributed by atoms with Crippen molar-refractivity contribution >= 4 is 0 Å². The summed E-state index contributed by atoms with van der Waals surface area (Å²) in [5.74, 6) is 0. The lowest BCUT2D eigenvalue weighted by molar-refractivity contribution is -0.174. The highest BCUT2D eigenvalue weighted by atomic mass is 19.4. The second kappa shape index (κ2) is 7.64. The summed E-state index contributed by atoms with van der Waals surface area (Å²) in [4.78, 5) is 0. The molecule has 5 heteroatoms. The van der Waals surface area contributed by atoms with Gasteiger partial charge in [0, 0.05) is 18.6 Å². The van der Waals surface area contributed by atoms with Crippen LogP contribution >= 0.6 is 0 Å². The minimum Gasteiger partial charge on any atom is -0.372 e. The lowest BCUT2D eigenvalue weighted by Crippen LogP contribution is -2.37. The van der Waals surface area contributed by atoms with E-state index in [1.165, 1.54) is 0 Å². The van der Waals surface area contributed by atoms with Gasteiger partial charge in [-0.2, -0.15) is 13.2 Å². The number of rotatable bonds is 8. The molecule has 1 rings (SSSR count). The quantitative estimate of drug-likeness (QED) is 0.739. The molecular weight excluding hydrogens is 267 g/mol. The fourth-order valence-electron chi connectivity index (χ4n) is 2.43. The van der Waals surface area contributed by atoms with Gasteiger partial charge in [0.05, 0.1) is 0 Å². The SMILES string of the molecule is CCC(CCOCC(F)(F)F)(CNC)c1ccccc1. The van der Waals surface area contributed by atoms with E-state index in [1.54, 1.807) is 0 Å². The maximum atomic E-state index is 12.1. The lowest BCUT2D eigenvalue weighted by Gasteiger charge is -2.33. The molecule has 1 aromatic carbocycles. The summed E-state index contributed by atoms with van der Waals surface area (Å²) in [6, 6.07) is 9.87. The molecule has 2 nitrogen and oxygen atoms in total. The van der Waals surface area contributed by atoms with E-state index in [0.717, 1.165) is 12.0 Å². The molecule has 0 aliphatic carbocycles. The van der Waals surface area contributed by atoms with E-state index >= 15 is 0 Å². The first kappa shape index (κ1) is 17.0. The van der Waals surface area contributed by atoms with Crippen LogP contribution in [0, 0.1) is 0 Å². The van der Waals surface area contributed by atoms with Crippen molar-refractivity contribution in [1.29, 1.82) is 0 Å². The predicted molar refractivity (Wildman–Crippen MR) is 73.8 cm³/mol. The van der Waals surface area contributed by atoms with Crippen LogP contribution in [0.2, 0.25) is 0 Å². The maximum absolute atomic E-state index is 12.1. The average Bonchev–Trinajstić information content (AvgIpc) is 2.42. The number of hydrogen-bond donors (Lipinski definition) is 1. The van der Waals surface area contributed by atoms with E-state index < -0.39 is 12.8 Å². The summed E-state index contributed by atoms with van der Waals surface area (Å²) >= 11 is 0. The molecule has 0 heterocycles. The highest BCUT2D eigenvalue weighted by molar-refractivity contribution is 5.25. The average molecular weight is 289 g/mol. The maximum Gasteiger partial charge on any atom is 0.411 e. The van der Waals surface area contributed by atoms with Crippen molar-refractivity contribution < 1.29 is 17.9 Å². The molecule has 1 aromatic rings. The number of nitrogens with one attached hydrogen (secondary N) is 1. The molecule has 0 aliphatic rings. The Morgan fingerprint density at radius 1 is 1.15 bits per heavy atom. The first-order valence-electron chi connectivity index (χ1n) is 6.78. The van der Waals surface area contributed by atoms with Crippen molar-refractivity contribution in [2.24, 2.45) is 0 Å². The van der Waals surface area contributed by atoms with Crippen LogP contribution in [-0.2, 0) is 10.2 Å². The molecule has 20 heavy (non-hydrogen) atoms. The molecule has 0 radical (unpaired) electrons. The Labute approximate surface area is 118 Å². The van der Waals surface area contributed by atoms with Gasteiger partial charge in [0.1, 0.15) is 6.61 Å². The molecule has 1 atom stereocenters. The Morgan fingerprint density at radius 2 is 1.80 bits per heavy atom. The van der Waals surface area contributed by atoms with Gasteiger partial charge in [-0.25, -0.2) is 0 Å². The molecule has 0 aromatic heterocycles. The highest BCUT2D eigenvalue weighted by Gasteiger charge is 2.31. The van der Waals surface area contributed by atoms with Crippen LogP contribution in [0.1, 0.15) is 25.3 Å². The summed E-state index contributed by atoms with van der Waals surface area (Å²) in [6.07, 6.45) is -2.86. The van der Waals surface area contributed by atoms with Gasteiger partial charge in [-0.15, -0.1) is 0 Å². The van der Waals surface area contributed by atoms with Crippen molar-refractivity contribution in [3.8, 4) is 0 Å². The van der Waals surface area contributed by atoms with Crippen LogP contribution < -0.4 is 5.32 Å². The Hall–Kier alpha value is -1.07. The second-order valence-electron chi connectivity index (χ2n) is 4.95. The molecule has 114 valence electrons. The van der Waals surface area contributed by atoms with Gasteiger partial charge in [-0.05, 0) is 25.5 Å². The smallest absolute Gasteiger partial charge is 0.372 e. The first-order chi connectivity index (χ1) is 9.43. The standard InChI is InChI=1S/C15H22F3NO/c1-3-14(11-19-2,13-7-5-4-6-8-13)9-10-20-12-15(16,17)18/h4-8,19H,3,9-12H2,1-2H3. The number of alkyl halides is 3. The van der Waals surface area contributed by atoms with E-state index in [4.69, 9.17) is 4.74 Å². The van der Waals surface area contributed by atoms with Gasteiger partial charge >= 0.3 is 6.18 Å². The fourth-order valence-corrected chi connectivity index (χ4v) is 2.43. The summed E-state index contributed by atoms with van der Waals surface area (Å²) < 4.78 is 41.0. The molecule has 0 fully saturated rings. The molecule has 1 N–H and O–H groups in total. The number of ether oxygens (including phenoxy) is 1. The van der Waals surface area contributed by atoms with E-state index in [0.29, 0.717) is 13.0 Å². The summed E-state index contributed by atoms with van der Waals surface area (Å²) in [5, 5.41) is 3.14. The normalized spacial score (nSPS) is 15.1. The molecule has 0 spiro atoms. The minimum atomic E-state index is -4.26. The number of likely N-dealkylation sites (N-methyl/N-ethyl adjacent to an activating group) is 1. The molecule has 0 aliphatic heterocycles. The summed E-state index contributed by atoms with van der Waals surface area (Å²) in [7, 11) is 1.85. The third-order valence-corrected chi connectivity index (χ3v) is 3.57. The third kappa shape index (κ3) is 5.13. The van der Waals surface area contributed by atoms with Gasteiger partial charge in [0.15, 0.2) is 0 Å². The lowest BCUT2D eigenvalue weighted by atomic mass is 9.75. The van der Waals surface area contributed by atoms with Crippen LogP contribution in [0.25, 0.3) is 0 Å². The zero-order chi connectivity index (χ0) is 15.1. The summed E-state index contributed by atoms with van der Waals surface area (Å²) in [5.41, 5.74) is 0.939. The van der Waals surface area contributed by atoms with Gasteiger partial charge in [0.2, 0.25) is 0 Å². The number of benzene rings is 1. The van der Waals surface area contributed by atoms with Crippen molar-refractivity contribution in [2.75, 3.05) is 26.8 Å². The Morgan fingerprint density at radius 3 is 2.30 bits per heavy atom. The Bertz CT molecular complexity index is 380. The van der Waals surface area contributed by atoms with E-state index in [1.807, 2.05) is 44.3 Å². The van der Waals surface area contributed by atoms with Crippen molar-refractivity contribution in [2.45, 2.75) is 31.4 Å². The van der Waals surface area contributed by atoms with E-state index in [-0.39, 0.29) is 12.0 Å². The fraction of sp³-hybridized carbons (Fsp3) is 0.600. The Kier molecular flexibility index (Phi) is 6.49. The van der Waals surface area contributed by atoms with Crippen molar-refractivity contribution in [3.05, 3.63) is 35.9 Å². The van der Waals surface area contributed by atoms with Gasteiger partial charge < -0.3 is 10.1 Å². The zero-order valence-corrected chi connectivity index (χ0v) is 12.0. The van der Waals surface area contributed by atoms with Gasteiger partial charge in [0.25, 0.3) is 0 Å². The van der Waals surface area contributed by atoms with Gasteiger partial charge in [-0.3, -0.25) is 0 Å². The van der Waals surface area contributed by atoms with Crippen LogP contribution in [0.15, 0.2) is 30.3 Å². The first-order valence-corrected chi connectivity index (χ1v) is 6.78. The number of halogens is 3. The second-order valence-corrected chi connectivity index (χ2v) is 4.95. The van der Waals surface area contributed by atoms with Crippen LogP contribution in [0.4, 0.5) is 13.2 Å². The molecule has 0 saturated heterocycles. The van der Waals surface area contributed by atoms with E-state index in [9.17, 15) is 13.2 Å². The monoisotopic (exact) mass is 289 g/mol. The van der Waals surface area contributed by atoms with Crippen LogP contribution in [0.5, 0.6) is 0 Å². The van der Waals surface area contributed by atoms with Gasteiger partial charge in [-0.1, -0.05) is 37.3 Å². The van der Waals surface area contributed by atoms with E-state index in [2.05, 4.69) is 5.32 Å². The molecule has 0 bridgehead atoms. The van der Waals surface area contributed by atoms with Crippen molar-refractivity contribution in [1.82, 2.24) is 5.32 Å².